The van der Waals surface area contributed by atoms with Gasteiger partial charge < -0.3 is 26.2 Å². The van der Waals surface area contributed by atoms with Crippen LogP contribution in [0.4, 0.5) is 0 Å². The van der Waals surface area contributed by atoms with E-state index in [9.17, 15) is 28.8 Å². The van der Waals surface area contributed by atoms with E-state index in [1.165, 1.54) is 50.7 Å². The molecular formula is C41H67N7O6. The fourth-order valence-corrected chi connectivity index (χ4v) is 7.17. The predicted octanol–water partition coefficient (Wildman–Crippen LogP) is 4.89. The lowest BCUT2D eigenvalue weighted by Gasteiger charge is -2.37. The maximum absolute atomic E-state index is 14.2. The molecule has 1 aromatic heterocycles. The van der Waals surface area contributed by atoms with Gasteiger partial charge in [0.25, 0.3) is 11.8 Å². The van der Waals surface area contributed by atoms with Crippen LogP contribution in [0.25, 0.3) is 0 Å². The Kier molecular flexibility index (Phi) is 18.0. The van der Waals surface area contributed by atoms with Crippen LogP contribution in [-0.2, 0) is 24.0 Å². The molecule has 5 amide bonds. The van der Waals surface area contributed by atoms with Crippen LogP contribution in [-0.4, -0.2) is 87.4 Å². The fourth-order valence-electron chi connectivity index (χ4n) is 7.17. The number of nitrogens with one attached hydrogen (secondary N) is 4. The van der Waals surface area contributed by atoms with Crippen LogP contribution < -0.4 is 21.3 Å². The molecule has 4 fully saturated rings. The number of amides is 5. The van der Waals surface area contributed by atoms with E-state index in [4.69, 9.17) is 0 Å². The second-order valence-electron chi connectivity index (χ2n) is 16.9. The summed E-state index contributed by atoms with van der Waals surface area (Å²) in [6, 6.07) is -1.88. The number of unbranched alkanes of at least 4 members (excludes halogenated alkanes) is 1. The molecule has 1 aliphatic heterocycles. The summed E-state index contributed by atoms with van der Waals surface area (Å²) in [6.07, 6.45) is 19.3. The van der Waals surface area contributed by atoms with E-state index in [1.54, 1.807) is 4.90 Å². The smallest absolute Gasteiger partial charge is 0.284 e. The molecular weight excluding hydrogens is 686 g/mol. The summed E-state index contributed by atoms with van der Waals surface area (Å²) < 4.78 is 0. The normalized spacial score (nSPS) is 21.6. The quantitative estimate of drug-likeness (QED) is 0.162. The van der Waals surface area contributed by atoms with Crippen molar-refractivity contribution in [3.8, 4) is 0 Å². The van der Waals surface area contributed by atoms with Gasteiger partial charge in [0.1, 0.15) is 23.8 Å². The van der Waals surface area contributed by atoms with E-state index in [0.29, 0.717) is 31.2 Å². The number of carbonyl (C=O) groups excluding carboxylic acids is 6. The lowest BCUT2D eigenvalue weighted by Crippen LogP contribution is -2.61. The molecule has 0 radical (unpaired) electrons. The first-order valence-corrected chi connectivity index (χ1v) is 20.4. The molecule has 0 bridgehead atoms. The van der Waals surface area contributed by atoms with Gasteiger partial charge in [-0.25, -0.2) is 4.98 Å². The van der Waals surface area contributed by atoms with Crippen LogP contribution in [0.15, 0.2) is 18.6 Å². The van der Waals surface area contributed by atoms with Crippen molar-refractivity contribution in [3.05, 3.63) is 24.3 Å². The van der Waals surface area contributed by atoms with E-state index in [2.05, 4.69) is 52.0 Å². The summed E-state index contributed by atoms with van der Waals surface area (Å²) >= 11 is 0. The Bertz CT molecular complexity index is 1370. The average molecular weight is 754 g/mol. The first-order valence-electron chi connectivity index (χ1n) is 20.4. The van der Waals surface area contributed by atoms with Crippen LogP contribution in [0.2, 0.25) is 0 Å². The first kappa shape index (κ1) is 44.5. The van der Waals surface area contributed by atoms with Gasteiger partial charge in [-0.3, -0.25) is 33.8 Å². The Labute approximate surface area is 322 Å². The van der Waals surface area contributed by atoms with Crippen molar-refractivity contribution in [1.82, 2.24) is 36.1 Å². The Morgan fingerprint density at radius 2 is 1.57 bits per heavy atom. The molecule has 0 spiro atoms. The number of aldehydes is 1. The fraction of sp³-hybridized carbons (Fsp3) is 0.756. The summed E-state index contributed by atoms with van der Waals surface area (Å²) in [6.45, 7) is 14.7. The Hall–Kier alpha value is -3.90. The highest BCUT2D eigenvalue weighted by molar-refractivity contribution is 6.23. The minimum Gasteiger partial charge on any atom is -0.352 e. The van der Waals surface area contributed by atoms with Crippen molar-refractivity contribution < 1.29 is 28.8 Å². The molecule has 302 valence electrons. The van der Waals surface area contributed by atoms with Crippen molar-refractivity contribution in [2.75, 3.05) is 6.54 Å². The maximum Gasteiger partial charge on any atom is 0.284 e. The van der Waals surface area contributed by atoms with Gasteiger partial charge in [-0.1, -0.05) is 92.9 Å². The highest BCUT2D eigenvalue weighted by Crippen LogP contribution is 2.32. The second-order valence-corrected chi connectivity index (χ2v) is 16.9. The molecule has 3 saturated carbocycles. The monoisotopic (exact) mass is 754 g/mol. The number of hydrogen-bond acceptors (Lipinski definition) is 8. The van der Waals surface area contributed by atoms with Gasteiger partial charge in [-0.05, 0) is 68.6 Å². The molecule has 54 heavy (non-hydrogen) atoms. The third-order valence-electron chi connectivity index (χ3n) is 10.8. The summed E-state index contributed by atoms with van der Waals surface area (Å²) in [4.78, 5) is 84.1. The van der Waals surface area contributed by atoms with Crippen LogP contribution in [0.3, 0.4) is 0 Å². The molecule has 13 nitrogen and oxygen atoms in total. The van der Waals surface area contributed by atoms with E-state index >= 15 is 0 Å². The molecule has 4 aliphatic rings. The molecule has 3 aliphatic carbocycles. The lowest BCUT2D eigenvalue weighted by molar-refractivity contribution is -0.144. The summed E-state index contributed by atoms with van der Waals surface area (Å²) in [5.74, 6) is -0.908. The summed E-state index contributed by atoms with van der Waals surface area (Å²) in [7, 11) is 0. The third-order valence-corrected chi connectivity index (χ3v) is 10.8. The molecule has 1 saturated heterocycles. The second kappa shape index (κ2) is 21.9. The molecule has 4 N–H and O–H groups in total. The molecule has 5 atom stereocenters. The van der Waals surface area contributed by atoms with Crippen LogP contribution >= 0.6 is 0 Å². The van der Waals surface area contributed by atoms with Gasteiger partial charge in [0.2, 0.25) is 24.0 Å². The number of likely N-dealkylation sites (tertiary alicyclic amines) is 1. The van der Waals surface area contributed by atoms with E-state index < -0.39 is 35.4 Å². The highest BCUT2D eigenvalue weighted by Gasteiger charge is 2.45. The molecule has 13 heteroatoms. The Morgan fingerprint density at radius 3 is 2.09 bits per heavy atom. The minimum absolute atomic E-state index is 0.0439. The van der Waals surface area contributed by atoms with Gasteiger partial charge in [0, 0.05) is 31.0 Å². The third kappa shape index (κ3) is 14.4. The van der Waals surface area contributed by atoms with Gasteiger partial charge in [0.05, 0.1) is 6.20 Å². The van der Waals surface area contributed by atoms with Crippen molar-refractivity contribution in [2.24, 2.45) is 23.2 Å². The van der Waals surface area contributed by atoms with Crippen molar-refractivity contribution in [3.63, 3.8) is 0 Å². The molecule has 2 heterocycles. The zero-order valence-electron chi connectivity index (χ0n) is 33.8. The van der Waals surface area contributed by atoms with E-state index in [-0.39, 0.29) is 41.3 Å². The SMILES string of the molecule is CC(CC1CCC1)NC(=O)C1C[C@@H](C)CN1C(=O)[C@@H](NC(=O)C(NC(=O)c1cnccn1)C1CCCCC1)C(C)(C)C.CCCC.O=CC(=O)NC1CC1. The van der Waals surface area contributed by atoms with Gasteiger partial charge in [0.15, 0.2) is 0 Å². The van der Waals surface area contributed by atoms with Gasteiger partial charge in [-0.15, -0.1) is 0 Å². The molecule has 0 aromatic carbocycles. The molecule has 5 rings (SSSR count). The van der Waals surface area contributed by atoms with Crippen LogP contribution in [0, 0.1) is 23.2 Å². The maximum atomic E-state index is 14.2. The van der Waals surface area contributed by atoms with E-state index in [1.807, 2.05) is 27.7 Å². The lowest BCUT2D eigenvalue weighted by atomic mass is 9.81. The zero-order chi connectivity index (χ0) is 39.8. The van der Waals surface area contributed by atoms with Crippen LogP contribution in [0.1, 0.15) is 149 Å². The van der Waals surface area contributed by atoms with Crippen molar-refractivity contribution in [2.45, 2.75) is 169 Å². The van der Waals surface area contributed by atoms with Crippen molar-refractivity contribution in [1.29, 1.82) is 0 Å². The topological polar surface area (TPSA) is 180 Å². The molecule has 3 unspecified atom stereocenters. The first-order chi connectivity index (χ1) is 25.7. The number of nitrogens with zero attached hydrogens (tertiary/aromatic N) is 3. The Morgan fingerprint density at radius 1 is 0.907 bits per heavy atom. The average Bonchev–Trinajstić information content (AvgIpc) is 3.87. The largest absolute Gasteiger partial charge is 0.352 e. The summed E-state index contributed by atoms with van der Waals surface area (Å²) in [5.41, 5.74) is -0.482. The summed E-state index contributed by atoms with van der Waals surface area (Å²) in [5, 5.41) is 11.6. The van der Waals surface area contributed by atoms with Crippen LogP contribution in [0.5, 0.6) is 0 Å². The number of hydrogen-bond donors (Lipinski definition) is 4. The predicted molar refractivity (Wildman–Crippen MR) is 208 cm³/mol. The molecule has 1 aromatic rings. The standard InChI is InChI=1S/C32H50N6O4.C5H7NO2.C4H10/c1-20-16-25(29(40)35-21(2)17-22-10-9-11-22)38(19-20)31(42)27(32(3,4)5)37-30(41)26(23-12-7-6-8-13-23)36-28(39)24-18-33-14-15-34-24;7-3-5(8)6-4-1-2-4;1-3-4-2/h14-15,18,20-23,25-27H,6-13,16-17,19H2,1-5H3,(H,35,40)(H,36,39)(H,37,41);3-4H,1-2H2,(H,6,8);3-4H2,1-2H3/t20-,21?,25?,26?,27-;;/m1../s1. The van der Waals surface area contributed by atoms with E-state index in [0.717, 1.165) is 51.4 Å². The Balaban J connectivity index is 0.000000558. The zero-order valence-corrected chi connectivity index (χ0v) is 33.8. The van der Waals surface area contributed by atoms with Gasteiger partial charge >= 0.3 is 0 Å². The minimum atomic E-state index is -0.863. The number of carbonyl (C=O) groups is 6. The van der Waals surface area contributed by atoms with Gasteiger partial charge in [-0.2, -0.15) is 0 Å². The van der Waals surface area contributed by atoms with Crippen molar-refractivity contribution >= 4 is 35.8 Å². The number of aromatic nitrogens is 2. The highest BCUT2D eigenvalue weighted by atomic mass is 16.2. The number of rotatable bonds is 13.